The molecule has 1 heterocycles. The van der Waals surface area contributed by atoms with Crippen molar-refractivity contribution in [1.29, 1.82) is 0 Å². The Kier molecular flexibility index (Phi) is 3.65. The SMILES string of the molecule is Nc1ccc2nc(SCc3ccc(I)cc3)[nH]c2c1. The molecule has 0 fully saturated rings. The Morgan fingerprint density at radius 1 is 1.16 bits per heavy atom. The highest BCUT2D eigenvalue weighted by Gasteiger charge is 2.04. The molecule has 1 aromatic heterocycles. The van der Waals surface area contributed by atoms with Crippen LogP contribution in [-0.4, -0.2) is 9.97 Å². The zero-order valence-corrected chi connectivity index (χ0v) is 13.0. The molecule has 3 N–H and O–H groups in total. The molecule has 0 spiro atoms. The number of anilines is 1. The molecular formula is C14H12IN3S. The number of rotatable bonds is 3. The lowest BCUT2D eigenvalue weighted by molar-refractivity contribution is 1.08. The number of hydrogen-bond donors (Lipinski definition) is 2. The van der Waals surface area contributed by atoms with E-state index in [-0.39, 0.29) is 0 Å². The maximum absolute atomic E-state index is 5.76. The molecule has 19 heavy (non-hydrogen) atoms. The van der Waals surface area contributed by atoms with E-state index in [4.69, 9.17) is 5.73 Å². The Morgan fingerprint density at radius 2 is 1.95 bits per heavy atom. The van der Waals surface area contributed by atoms with Crippen LogP contribution in [0.25, 0.3) is 11.0 Å². The van der Waals surface area contributed by atoms with Crippen LogP contribution >= 0.6 is 34.4 Å². The van der Waals surface area contributed by atoms with Crippen LogP contribution in [0.5, 0.6) is 0 Å². The third-order valence-corrected chi connectivity index (χ3v) is 4.44. The first-order valence-electron chi connectivity index (χ1n) is 5.83. The highest BCUT2D eigenvalue weighted by Crippen LogP contribution is 2.24. The second-order valence-corrected chi connectivity index (χ2v) is 6.44. The molecule has 3 rings (SSSR count). The van der Waals surface area contributed by atoms with E-state index in [2.05, 4.69) is 56.8 Å². The highest BCUT2D eigenvalue weighted by atomic mass is 127. The van der Waals surface area contributed by atoms with Crippen molar-refractivity contribution in [2.45, 2.75) is 10.9 Å². The summed E-state index contributed by atoms with van der Waals surface area (Å²) in [4.78, 5) is 7.83. The zero-order valence-electron chi connectivity index (χ0n) is 10.1. The number of H-pyrrole nitrogens is 1. The fourth-order valence-corrected chi connectivity index (χ4v) is 3.00. The summed E-state index contributed by atoms with van der Waals surface area (Å²) in [5, 5.41) is 0.930. The van der Waals surface area contributed by atoms with Gasteiger partial charge < -0.3 is 10.7 Å². The van der Waals surface area contributed by atoms with Gasteiger partial charge in [0.15, 0.2) is 5.16 Å². The summed E-state index contributed by atoms with van der Waals surface area (Å²) >= 11 is 4.01. The Balaban J connectivity index is 1.76. The molecule has 0 aliphatic carbocycles. The molecule has 0 unspecified atom stereocenters. The molecular weight excluding hydrogens is 369 g/mol. The molecule has 0 radical (unpaired) electrons. The van der Waals surface area contributed by atoms with E-state index in [1.807, 2.05) is 18.2 Å². The lowest BCUT2D eigenvalue weighted by atomic mass is 10.2. The first kappa shape index (κ1) is 12.8. The van der Waals surface area contributed by atoms with Crippen LogP contribution in [0.4, 0.5) is 5.69 Å². The third kappa shape index (κ3) is 3.03. The van der Waals surface area contributed by atoms with Crippen LogP contribution in [0.15, 0.2) is 47.6 Å². The number of aromatic amines is 1. The quantitative estimate of drug-likeness (QED) is 0.409. The molecule has 3 aromatic rings. The number of halogens is 1. The van der Waals surface area contributed by atoms with E-state index in [0.717, 1.165) is 27.6 Å². The molecule has 0 saturated carbocycles. The van der Waals surface area contributed by atoms with Crippen molar-refractivity contribution >= 4 is 51.1 Å². The van der Waals surface area contributed by atoms with Gasteiger partial charge in [0.25, 0.3) is 0 Å². The van der Waals surface area contributed by atoms with E-state index in [1.54, 1.807) is 11.8 Å². The van der Waals surface area contributed by atoms with Gasteiger partial charge in [0.05, 0.1) is 11.0 Å². The highest BCUT2D eigenvalue weighted by molar-refractivity contribution is 14.1. The van der Waals surface area contributed by atoms with Gasteiger partial charge in [-0.15, -0.1) is 0 Å². The Hall–Kier alpha value is -1.21. The summed E-state index contributed by atoms with van der Waals surface area (Å²) < 4.78 is 1.26. The summed E-state index contributed by atoms with van der Waals surface area (Å²) in [5.41, 5.74) is 9.76. The number of nitrogens with zero attached hydrogens (tertiary/aromatic N) is 1. The number of nitrogens with two attached hydrogens (primary N) is 1. The first-order chi connectivity index (χ1) is 9.20. The maximum atomic E-state index is 5.76. The van der Waals surface area contributed by atoms with E-state index in [1.165, 1.54) is 9.13 Å². The Bertz CT molecular complexity index is 706. The summed E-state index contributed by atoms with van der Waals surface area (Å²) in [5.74, 6) is 0.909. The molecule has 96 valence electrons. The molecule has 0 saturated heterocycles. The van der Waals surface area contributed by atoms with Gasteiger partial charge in [-0.3, -0.25) is 0 Å². The summed E-state index contributed by atoms with van der Waals surface area (Å²) in [6.07, 6.45) is 0. The van der Waals surface area contributed by atoms with Crippen LogP contribution in [0.1, 0.15) is 5.56 Å². The average molecular weight is 381 g/mol. The smallest absolute Gasteiger partial charge is 0.166 e. The van der Waals surface area contributed by atoms with Gasteiger partial charge in [0.1, 0.15) is 0 Å². The number of nitrogens with one attached hydrogen (secondary N) is 1. The van der Waals surface area contributed by atoms with Crippen LogP contribution < -0.4 is 5.73 Å². The van der Waals surface area contributed by atoms with Crippen LogP contribution in [0.3, 0.4) is 0 Å². The van der Waals surface area contributed by atoms with Gasteiger partial charge >= 0.3 is 0 Å². The summed E-state index contributed by atoms with van der Waals surface area (Å²) in [6.45, 7) is 0. The average Bonchev–Trinajstić information content (AvgIpc) is 2.80. The van der Waals surface area contributed by atoms with E-state index in [9.17, 15) is 0 Å². The normalized spacial score (nSPS) is 11.0. The molecule has 3 nitrogen and oxygen atoms in total. The number of hydrogen-bond acceptors (Lipinski definition) is 3. The van der Waals surface area contributed by atoms with E-state index < -0.39 is 0 Å². The van der Waals surface area contributed by atoms with Crippen molar-refractivity contribution in [3.63, 3.8) is 0 Å². The number of imidazole rings is 1. The molecule has 0 amide bonds. The monoisotopic (exact) mass is 381 g/mol. The van der Waals surface area contributed by atoms with Crippen molar-refractivity contribution in [1.82, 2.24) is 9.97 Å². The van der Waals surface area contributed by atoms with Crippen LogP contribution in [0, 0.1) is 3.57 Å². The number of benzene rings is 2. The Labute approximate surface area is 129 Å². The largest absolute Gasteiger partial charge is 0.399 e. The standard InChI is InChI=1S/C14H12IN3S/c15-10-3-1-9(2-4-10)8-19-14-17-12-6-5-11(16)7-13(12)18-14/h1-7H,8,16H2,(H,17,18). The number of nitrogen functional groups attached to an aromatic ring is 1. The minimum absolute atomic E-state index is 0.755. The van der Waals surface area contributed by atoms with E-state index in [0.29, 0.717) is 0 Å². The fourth-order valence-electron chi connectivity index (χ4n) is 1.80. The van der Waals surface area contributed by atoms with Crippen LogP contribution in [0.2, 0.25) is 0 Å². The second-order valence-electron chi connectivity index (χ2n) is 4.23. The molecule has 2 aromatic carbocycles. The Morgan fingerprint density at radius 3 is 2.74 bits per heavy atom. The van der Waals surface area contributed by atoms with E-state index >= 15 is 0 Å². The van der Waals surface area contributed by atoms with Crippen LogP contribution in [-0.2, 0) is 5.75 Å². The number of fused-ring (bicyclic) bond motifs is 1. The third-order valence-electron chi connectivity index (χ3n) is 2.77. The van der Waals surface area contributed by atoms with Gasteiger partial charge in [0.2, 0.25) is 0 Å². The van der Waals surface area contributed by atoms with Gasteiger partial charge in [-0.2, -0.15) is 0 Å². The minimum Gasteiger partial charge on any atom is -0.399 e. The number of thioether (sulfide) groups is 1. The molecule has 0 atom stereocenters. The first-order valence-corrected chi connectivity index (χ1v) is 7.89. The van der Waals surface area contributed by atoms with Crippen molar-refractivity contribution in [2.24, 2.45) is 0 Å². The van der Waals surface area contributed by atoms with Gasteiger partial charge in [-0.05, 0) is 58.5 Å². The molecule has 5 heteroatoms. The topological polar surface area (TPSA) is 54.7 Å². The lowest BCUT2D eigenvalue weighted by Gasteiger charge is -1.99. The zero-order chi connectivity index (χ0) is 13.2. The molecule has 0 aliphatic heterocycles. The fraction of sp³-hybridized carbons (Fsp3) is 0.0714. The van der Waals surface area contributed by atoms with Crippen molar-refractivity contribution in [3.8, 4) is 0 Å². The van der Waals surface area contributed by atoms with Crippen molar-refractivity contribution in [3.05, 3.63) is 51.6 Å². The predicted molar refractivity (Wildman–Crippen MR) is 89.2 cm³/mol. The van der Waals surface area contributed by atoms with Crippen molar-refractivity contribution in [2.75, 3.05) is 5.73 Å². The second kappa shape index (κ2) is 5.42. The summed E-state index contributed by atoms with van der Waals surface area (Å²) in [6, 6.07) is 14.3. The summed E-state index contributed by atoms with van der Waals surface area (Å²) in [7, 11) is 0. The van der Waals surface area contributed by atoms with Gasteiger partial charge in [0, 0.05) is 15.0 Å². The van der Waals surface area contributed by atoms with Crippen molar-refractivity contribution < 1.29 is 0 Å². The molecule has 0 bridgehead atoms. The maximum Gasteiger partial charge on any atom is 0.166 e. The predicted octanol–water partition coefficient (Wildman–Crippen LogP) is 4.04. The van der Waals surface area contributed by atoms with Gasteiger partial charge in [-0.25, -0.2) is 4.98 Å². The number of aromatic nitrogens is 2. The van der Waals surface area contributed by atoms with Gasteiger partial charge in [-0.1, -0.05) is 23.9 Å². The lowest BCUT2D eigenvalue weighted by Crippen LogP contribution is -1.82. The molecule has 0 aliphatic rings. The minimum atomic E-state index is 0.755.